The molecule has 2 aliphatic rings. The maximum absolute atomic E-state index is 15.0. The molecule has 2 amide bonds. The molecule has 0 saturated carbocycles. The van der Waals surface area contributed by atoms with E-state index in [1.54, 1.807) is 17.6 Å². The third-order valence-corrected chi connectivity index (χ3v) is 14.3. The smallest absolute Gasteiger partial charge is 0.255 e. The van der Waals surface area contributed by atoms with Crippen LogP contribution in [0.25, 0.3) is 11.1 Å². The maximum atomic E-state index is 15.0. The lowest BCUT2D eigenvalue weighted by molar-refractivity contribution is -0.120. The highest BCUT2D eigenvalue weighted by Gasteiger charge is 2.43. The summed E-state index contributed by atoms with van der Waals surface area (Å²) in [5.74, 6) is -0.886. The van der Waals surface area contributed by atoms with Gasteiger partial charge in [-0.05, 0) is 71.2 Å². The van der Waals surface area contributed by atoms with Crippen LogP contribution in [0.1, 0.15) is 48.3 Å². The number of amides is 2. The van der Waals surface area contributed by atoms with Crippen molar-refractivity contribution in [1.82, 2.24) is 15.2 Å². The third-order valence-electron chi connectivity index (χ3n) is 9.28. The van der Waals surface area contributed by atoms with Gasteiger partial charge in [-0.25, -0.2) is 9.37 Å². The van der Waals surface area contributed by atoms with Crippen molar-refractivity contribution >= 4 is 42.3 Å². The second kappa shape index (κ2) is 12.6. The third kappa shape index (κ3) is 6.44. The molecule has 4 aromatic rings. The van der Waals surface area contributed by atoms with E-state index in [1.807, 2.05) is 18.2 Å². The molecule has 2 N–H and O–H groups in total. The van der Waals surface area contributed by atoms with Crippen molar-refractivity contribution in [2.75, 3.05) is 36.4 Å². The zero-order chi connectivity index (χ0) is 32.6. The standard InChI is InChI=1S/C35H40FN5O3SSi/c1-35(2,3)46(4,5)44-30-13-10-26(36)21-29(30)31(32(42)39-34-38-16-19-45-34)41-22-25-7-6-24(20-28(25)33(41)43)23-8-11-27(12-9-23)40-17-14-37-15-18-40/h6-13,16,19-21,31,37H,14-15,17-18,22H2,1-5H3,(H,38,39,42). The number of anilines is 2. The van der Waals surface area contributed by atoms with Gasteiger partial charge in [0, 0.05) is 61.1 Å². The number of carbonyl (C=O) groups excluding carboxylic acids is 2. The molecule has 8 nitrogen and oxygen atoms in total. The predicted octanol–water partition coefficient (Wildman–Crippen LogP) is 7.08. The highest BCUT2D eigenvalue weighted by atomic mass is 32.1. The van der Waals surface area contributed by atoms with Crippen molar-refractivity contribution < 1.29 is 18.4 Å². The van der Waals surface area contributed by atoms with Gasteiger partial charge in [-0.15, -0.1) is 11.3 Å². The van der Waals surface area contributed by atoms with E-state index in [1.165, 1.54) is 34.1 Å². The Morgan fingerprint density at radius 3 is 2.43 bits per heavy atom. The van der Waals surface area contributed by atoms with Crippen LogP contribution in [0, 0.1) is 5.82 Å². The Morgan fingerprint density at radius 1 is 1.04 bits per heavy atom. The number of halogens is 1. The van der Waals surface area contributed by atoms with Gasteiger partial charge in [-0.1, -0.05) is 45.0 Å². The maximum Gasteiger partial charge on any atom is 0.255 e. The van der Waals surface area contributed by atoms with Gasteiger partial charge >= 0.3 is 0 Å². The lowest BCUT2D eigenvalue weighted by Gasteiger charge is -2.38. The fourth-order valence-corrected chi connectivity index (χ4v) is 7.24. The zero-order valence-electron chi connectivity index (χ0n) is 26.9. The average Bonchev–Trinajstić information content (AvgIpc) is 3.66. The lowest BCUT2D eigenvalue weighted by atomic mass is 10.00. The van der Waals surface area contributed by atoms with Gasteiger partial charge in [0.1, 0.15) is 17.6 Å². The van der Waals surface area contributed by atoms with E-state index in [0.29, 0.717) is 22.0 Å². The minimum atomic E-state index is -2.39. The van der Waals surface area contributed by atoms with Gasteiger partial charge in [0.2, 0.25) is 8.32 Å². The van der Waals surface area contributed by atoms with Crippen LogP contribution in [0.5, 0.6) is 5.75 Å². The zero-order valence-corrected chi connectivity index (χ0v) is 28.7. The number of fused-ring (bicyclic) bond motifs is 1. The van der Waals surface area contributed by atoms with Crippen molar-refractivity contribution in [2.24, 2.45) is 0 Å². The van der Waals surface area contributed by atoms with Gasteiger partial charge < -0.3 is 19.5 Å². The summed E-state index contributed by atoms with van der Waals surface area (Å²) in [4.78, 5) is 36.3. The fourth-order valence-electron chi connectivity index (χ4n) is 5.66. The summed E-state index contributed by atoms with van der Waals surface area (Å²) in [5, 5.41) is 8.25. The fraction of sp³-hybridized carbons (Fsp3) is 0.343. The SMILES string of the molecule is CC(C)(C)[Si](C)(C)Oc1ccc(F)cc1C(C(=O)Nc1nccs1)N1Cc2ccc(-c3ccc(N4CCNCC4)cc3)cc2C1=O. The molecule has 0 bridgehead atoms. The van der Waals surface area contributed by atoms with Crippen LogP contribution in [-0.2, 0) is 11.3 Å². The molecule has 3 aromatic carbocycles. The normalized spacial score (nSPS) is 15.9. The van der Waals surface area contributed by atoms with Crippen LogP contribution < -0.4 is 20.0 Å². The number of carbonyl (C=O) groups is 2. The minimum absolute atomic E-state index is 0.142. The average molecular weight is 658 g/mol. The van der Waals surface area contributed by atoms with E-state index in [-0.39, 0.29) is 17.5 Å². The van der Waals surface area contributed by atoms with Crippen molar-refractivity contribution in [3.63, 3.8) is 0 Å². The Bertz CT molecular complexity index is 1730. The largest absolute Gasteiger partial charge is 0.543 e. The number of hydrogen-bond donors (Lipinski definition) is 2. The second-order valence-corrected chi connectivity index (χ2v) is 19.0. The van der Waals surface area contributed by atoms with Gasteiger partial charge in [-0.2, -0.15) is 0 Å². The first-order chi connectivity index (χ1) is 21.9. The van der Waals surface area contributed by atoms with Crippen molar-refractivity contribution in [2.45, 2.75) is 51.5 Å². The number of nitrogens with zero attached hydrogens (tertiary/aromatic N) is 3. The molecule has 0 aliphatic carbocycles. The van der Waals surface area contributed by atoms with E-state index in [9.17, 15) is 14.0 Å². The minimum Gasteiger partial charge on any atom is -0.543 e. The Balaban J connectivity index is 1.34. The summed E-state index contributed by atoms with van der Waals surface area (Å²) in [6.45, 7) is 14.6. The van der Waals surface area contributed by atoms with Crippen molar-refractivity contribution in [3.8, 4) is 16.9 Å². The molecule has 0 spiro atoms. The van der Waals surface area contributed by atoms with E-state index < -0.39 is 26.1 Å². The molecule has 11 heteroatoms. The molecular formula is C35H40FN5O3SSi. The number of hydrogen-bond acceptors (Lipinski definition) is 7. The van der Waals surface area contributed by atoms with E-state index in [2.05, 4.69) is 78.6 Å². The molecule has 1 fully saturated rings. The van der Waals surface area contributed by atoms with Crippen LogP contribution in [-0.4, -0.2) is 56.2 Å². The molecule has 240 valence electrons. The number of thiazole rings is 1. The monoisotopic (exact) mass is 657 g/mol. The van der Waals surface area contributed by atoms with Crippen molar-refractivity contribution in [3.05, 3.63) is 94.7 Å². The number of piperazine rings is 1. The van der Waals surface area contributed by atoms with E-state index in [4.69, 9.17) is 4.43 Å². The first kappa shape index (κ1) is 31.9. The van der Waals surface area contributed by atoms with Gasteiger partial charge in [0.25, 0.3) is 11.8 Å². The van der Waals surface area contributed by atoms with Gasteiger partial charge in [0.05, 0.1) is 0 Å². The van der Waals surface area contributed by atoms with E-state index in [0.717, 1.165) is 42.9 Å². The highest BCUT2D eigenvalue weighted by molar-refractivity contribution is 7.13. The van der Waals surface area contributed by atoms with E-state index >= 15 is 0 Å². The van der Waals surface area contributed by atoms with Crippen LogP contribution in [0.4, 0.5) is 15.2 Å². The quantitative estimate of drug-likeness (QED) is 0.197. The summed E-state index contributed by atoms with van der Waals surface area (Å²) < 4.78 is 21.6. The van der Waals surface area contributed by atoms with Crippen LogP contribution in [0.3, 0.4) is 0 Å². The number of benzene rings is 3. The topological polar surface area (TPSA) is 86.8 Å². The number of nitrogens with one attached hydrogen (secondary N) is 2. The Labute approximate surface area is 274 Å². The molecule has 0 radical (unpaired) electrons. The molecule has 46 heavy (non-hydrogen) atoms. The Morgan fingerprint density at radius 2 is 1.76 bits per heavy atom. The summed E-state index contributed by atoms with van der Waals surface area (Å²) in [5.41, 5.74) is 4.73. The molecule has 1 aromatic heterocycles. The first-order valence-electron chi connectivity index (χ1n) is 15.6. The van der Waals surface area contributed by atoms with Gasteiger partial charge in [0.15, 0.2) is 5.13 Å². The summed E-state index contributed by atoms with van der Waals surface area (Å²) >= 11 is 1.27. The molecule has 1 unspecified atom stereocenters. The Hall–Kier alpha value is -4.06. The molecule has 1 atom stereocenters. The molecule has 2 aliphatic heterocycles. The number of aromatic nitrogens is 1. The van der Waals surface area contributed by atoms with Gasteiger partial charge in [-0.3, -0.25) is 14.9 Å². The van der Waals surface area contributed by atoms with Crippen LogP contribution in [0.2, 0.25) is 18.1 Å². The Kier molecular flexibility index (Phi) is 8.75. The number of rotatable bonds is 8. The summed E-state index contributed by atoms with van der Waals surface area (Å²) in [6, 6.07) is 17.3. The molecular weight excluding hydrogens is 618 g/mol. The summed E-state index contributed by atoms with van der Waals surface area (Å²) in [7, 11) is -2.39. The second-order valence-electron chi connectivity index (χ2n) is 13.4. The highest BCUT2D eigenvalue weighted by Crippen LogP contribution is 2.42. The summed E-state index contributed by atoms with van der Waals surface area (Å²) in [6.07, 6.45) is 1.60. The predicted molar refractivity (Wildman–Crippen MR) is 185 cm³/mol. The first-order valence-corrected chi connectivity index (χ1v) is 19.4. The molecule has 6 rings (SSSR count). The van der Waals surface area contributed by atoms with Crippen LogP contribution in [0.15, 0.2) is 72.2 Å². The van der Waals surface area contributed by atoms with Crippen molar-refractivity contribution in [1.29, 1.82) is 0 Å². The lowest BCUT2D eigenvalue weighted by Crippen LogP contribution is -2.45. The molecule has 1 saturated heterocycles. The molecule has 3 heterocycles. The van der Waals surface area contributed by atoms with Crippen LogP contribution >= 0.6 is 11.3 Å².